The van der Waals surface area contributed by atoms with Crippen molar-refractivity contribution in [3.63, 3.8) is 0 Å². The number of hydrogen-bond acceptors (Lipinski definition) is 3. The molecule has 1 aliphatic heterocycles. The number of carbonyl (C=O) groups is 2. The van der Waals surface area contributed by atoms with Crippen molar-refractivity contribution in [3.05, 3.63) is 68.9 Å². The van der Waals surface area contributed by atoms with Crippen LogP contribution in [-0.4, -0.2) is 47.1 Å². The molecule has 2 aliphatic rings. The number of allylic oxidation sites excluding steroid dienone is 3. The molecule has 0 fully saturated rings. The summed E-state index contributed by atoms with van der Waals surface area (Å²) in [5.41, 5.74) is 0.285. The summed E-state index contributed by atoms with van der Waals surface area (Å²) in [7, 11) is 0. The number of unbranched alkanes of at least 4 members (excludes halogenated alkanes) is 1. The fraction of sp³-hybridized carbons (Fsp3) is 0.417. The summed E-state index contributed by atoms with van der Waals surface area (Å²) >= 11 is 11.9. The molecular weight excluding hydrogens is 454 g/mol. The smallest absolute Gasteiger partial charge is 0.289 e. The molecule has 2 N–H and O–H groups in total. The van der Waals surface area contributed by atoms with Crippen LogP contribution in [-0.2, 0) is 16.0 Å². The Labute approximate surface area is 197 Å². The van der Waals surface area contributed by atoms with Crippen LogP contribution >= 0.6 is 23.2 Å². The van der Waals surface area contributed by atoms with Gasteiger partial charge in [-0.1, -0.05) is 47.5 Å². The van der Waals surface area contributed by atoms with Crippen molar-refractivity contribution in [3.8, 4) is 0 Å². The Kier molecular flexibility index (Phi) is 8.01. The van der Waals surface area contributed by atoms with Gasteiger partial charge < -0.3 is 15.3 Å². The van der Waals surface area contributed by atoms with Crippen LogP contribution in [0.4, 0.5) is 4.39 Å². The molecule has 32 heavy (non-hydrogen) atoms. The second-order valence-electron chi connectivity index (χ2n) is 8.29. The highest BCUT2D eigenvalue weighted by Crippen LogP contribution is 2.32. The normalized spacial score (nSPS) is 20.7. The average Bonchev–Trinajstić information content (AvgIpc) is 3.03. The third kappa shape index (κ3) is 5.93. The van der Waals surface area contributed by atoms with Gasteiger partial charge in [-0.2, -0.15) is 0 Å². The Bertz CT molecular complexity index is 985. The van der Waals surface area contributed by atoms with E-state index in [0.29, 0.717) is 35.0 Å². The first-order valence-corrected chi connectivity index (χ1v) is 11.4. The van der Waals surface area contributed by atoms with Gasteiger partial charge in [0, 0.05) is 19.5 Å². The second-order valence-corrected chi connectivity index (χ2v) is 9.10. The maximum absolute atomic E-state index is 14.6. The van der Waals surface area contributed by atoms with Crippen LogP contribution in [0.3, 0.4) is 0 Å². The van der Waals surface area contributed by atoms with E-state index in [9.17, 15) is 19.1 Å². The molecule has 0 aromatic heterocycles. The third-order valence-electron chi connectivity index (χ3n) is 5.82. The summed E-state index contributed by atoms with van der Waals surface area (Å²) < 4.78 is 14.6. The number of aliphatic hydroxyl groups excluding tert-OH is 1. The molecule has 0 saturated heterocycles. The van der Waals surface area contributed by atoms with E-state index in [4.69, 9.17) is 23.2 Å². The van der Waals surface area contributed by atoms with Gasteiger partial charge in [0.15, 0.2) is 5.76 Å². The molecule has 1 aromatic carbocycles. The molecule has 5 nitrogen and oxygen atoms in total. The molecule has 0 radical (unpaired) electrons. The van der Waals surface area contributed by atoms with Gasteiger partial charge in [0.05, 0.1) is 22.2 Å². The van der Waals surface area contributed by atoms with Crippen LogP contribution < -0.4 is 5.32 Å². The maximum Gasteiger partial charge on any atom is 0.289 e. The van der Waals surface area contributed by atoms with Crippen molar-refractivity contribution >= 4 is 35.0 Å². The number of carbonyl (C=O) groups excluding carboxylic acids is 2. The molecule has 1 heterocycles. The Morgan fingerprint density at radius 3 is 2.75 bits per heavy atom. The molecule has 8 heteroatoms. The monoisotopic (exact) mass is 480 g/mol. The molecule has 0 spiro atoms. The predicted octanol–water partition coefficient (Wildman–Crippen LogP) is 5.09. The highest BCUT2D eigenvalue weighted by atomic mass is 35.5. The molecular formula is C24H27Cl2FN2O3. The number of alkyl halides is 1. The van der Waals surface area contributed by atoms with Crippen LogP contribution in [0.2, 0.25) is 10.0 Å². The highest BCUT2D eigenvalue weighted by molar-refractivity contribution is 6.42. The molecule has 1 aliphatic carbocycles. The standard InChI is InChI=1S/C24H27Cl2FN2O3/c1-24(27)11-4-2-7-17(24)10-13-29-15-18(21(30)23(29)32)22(31)28-12-5-3-6-16-8-9-19(25)20(26)14-16/h2,4,7-9,14,30H,3,5-6,10-13,15H2,1H3,(H,28,31). The molecule has 0 bridgehead atoms. The summed E-state index contributed by atoms with van der Waals surface area (Å²) in [5, 5.41) is 13.9. The van der Waals surface area contributed by atoms with E-state index < -0.39 is 23.2 Å². The largest absolute Gasteiger partial charge is 0.503 e. The fourth-order valence-electron chi connectivity index (χ4n) is 3.81. The van der Waals surface area contributed by atoms with Crippen LogP contribution in [0, 0.1) is 0 Å². The minimum Gasteiger partial charge on any atom is -0.503 e. The quantitative estimate of drug-likeness (QED) is 0.483. The van der Waals surface area contributed by atoms with Crippen LogP contribution in [0.25, 0.3) is 0 Å². The SMILES string of the molecule is CC1(F)CC=CC=C1CCN1CC(C(=O)NCCCCc2ccc(Cl)c(Cl)c2)=C(O)C1=O. The number of benzene rings is 1. The first-order valence-electron chi connectivity index (χ1n) is 10.7. The number of nitrogens with zero attached hydrogens (tertiary/aromatic N) is 1. The summed E-state index contributed by atoms with van der Waals surface area (Å²) in [6.45, 7) is 2.20. The van der Waals surface area contributed by atoms with E-state index >= 15 is 0 Å². The lowest BCUT2D eigenvalue weighted by Gasteiger charge is -2.26. The van der Waals surface area contributed by atoms with Crippen molar-refractivity contribution in [1.29, 1.82) is 0 Å². The number of nitrogens with one attached hydrogen (secondary N) is 1. The first-order chi connectivity index (χ1) is 15.2. The summed E-state index contributed by atoms with van der Waals surface area (Å²) in [4.78, 5) is 26.2. The molecule has 3 rings (SSSR count). The van der Waals surface area contributed by atoms with Gasteiger partial charge in [-0.15, -0.1) is 0 Å². The van der Waals surface area contributed by atoms with E-state index in [2.05, 4.69) is 5.32 Å². The fourth-order valence-corrected chi connectivity index (χ4v) is 4.13. The number of amides is 2. The molecule has 0 saturated carbocycles. The van der Waals surface area contributed by atoms with Crippen molar-refractivity contribution in [2.75, 3.05) is 19.6 Å². The molecule has 172 valence electrons. The van der Waals surface area contributed by atoms with E-state index in [1.54, 1.807) is 24.3 Å². The van der Waals surface area contributed by atoms with Crippen LogP contribution in [0.15, 0.2) is 53.3 Å². The molecule has 1 atom stereocenters. The summed E-state index contributed by atoms with van der Waals surface area (Å²) in [6, 6.07) is 5.50. The van der Waals surface area contributed by atoms with Crippen molar-refractivity contribution in [2.45, 2.75) is 44.7 Å². The zero-order valence-corrected chi connectivity index (χ0v) is 19.5. The van der Waals surface area contributed by atoms with Gasteiger partial charge in [-0.25, -0.2) is 4.39 Å². The van der Waals surface area contributed by atoms with Gasteiger partial charge in [0.1, 0.15) is 5.67 Å². The van der Waals surface area contributed by atoms with Gasteiger partial charge in [-0.05, 0) is 55.9 Å². The Balaban J connectivity index is 1.43. The third-order valence-corrected chi connectivity index (χ3v) is 6.55. The zero-order chi connectivity index (χ0) is 23.3. The van der Waals surface area contributed by atoms with Gasteiger partial charge >= 0.3 is 0 Å². The number of halogens is 3. The lowest BCUT2D eigenvalue weighted by molar-refractivity contribution is -0.127. The zero-order valence-electron chi connectivity index (χ0n) is 18.0. The molecule has 2 amide bonds. The maximum atomic E-state index is 14.6. The second kappa shape index (κ2) is 10.5. The minimum atomic E-state index is -1.44. The lowest BCUT2D eigenvalue weighted by atomic mass is 9.88. The topological polar surface area (TPSA) is 69.6 Å². The molecule has 1 aromatic rings. The van der Waals surface area contributed by atoms with E-state index in [1.807, 2.05) is 12.1 Å². The van der Waals surface area contributed by atoms with Gasteiger partial charge in [0.25, 0.3) is 11.8 Å². The Morgan fingerprint density at radius 2 is 2.03 bits per heavy atom. The first kappa shape index (κ1) is 24.3. The highest BCUT2D eigenvalue weighted by Gasteiger charge is 2.35. The number of rotatable bonds is 9. The average molecular weight is 481 g/mol. The Morgan fingerprint density at radius 1 is 1.25 bits per heavy atom. The molecule has 1 unspecified atom stereocenters. The van der Waals surface area contributed by atoms with E-state index in [1.165, 1.54) is 11.8 Å². The number of aliphatic hydroxyl groups is 1. The van der Waals surface area contributed by atoms with Crippen molar-refractivity contribution in [1.82, 2.24) is 10.2 Å². The van der Waals surface area contributed by atoms with Gasteiger partial charge in [-0.3, -0.25) is 9.59 Å². The van der Waals surface area contributed by atoms with E-state index in [0.717, 1.165) is 24.8 Å². The van der Waals surface area contributed by atoms with Crippen molar-refractivity contribution in [2.24, 2.45) is 0 Å². The summed E-state index contributed by atoms with van der Waals surface area (Å²) in [5.74, 6) is -1.58. The lowest BCUT2D eigenvalue weighted by Crippen LogP contribution is -2.33. The minimum absolute atomic E-state index is 0.0197. The number of hydrogen-bond donors (Lipinski definition) is 2. The summed E-state index contributed by atoms with van der Waals surface area (Å²) in [6.07, 6.45) is 8.31. The van der Waals surface area contributed by atoms with Crippen LogP contribution in [0.5, 0.6) is 0 Å². The van der Waals surface area contributed by atoms with Crippen molar-refractivity contribution < 1.29 is 19.1 Å². The van der Waals surface area contributed by atoms with Crippen LogP contribution in [0.1, 0.15) is 38.2 Å². The predicted molar refractivity (Wildman–Crippen MR) is 125 cm³/mol. The van der Waals surface area contributed by atoms with Gasteiger partial charge in [0.2, 0.25) is 0 Å². The Hall–Kier alpha value is -2.31. The van der Waals surface area contributed by atoms with E-state index in [-0.39, 0.29) is 18.7 Å². The number of aryl methyl sites for hydroxylation is 1.